The van der Waals surface area contributed by atoms with Crippen molar-refractivity contribution in [3.63, 3.8) is 0 Å². The number of nitrogens with zero attached hydrogens (tertiary/aromatic N) is 2. The summed E-state index contributed by atoms with van der Waals surface area (Å²) in [6.45, 7) is 6.87. The molecule has 0 N–H and O–H groups in total. The van der Waals surface area contributed by atoms with E-state index in [1.54, 1.807) is 4.90 Å². The van der Waals surface area contributed by atoms with Gasteiger partial charge in [-0.05, 0) is 33.4 Å². The summed E-state index contributed by atoms with van der Waals surface area (Å²) in [5.74, 6) is 0.240. The summed E-state index contributed by atoms with van der Waals surface area (Å²) in [7, 11) is 1.87. The van der Waals surface area contributed by atoms with E-state index in [9.17, 15) is 4.79 Å². The first-order valence-corrected chi connectivity index (χ1v) is 4.59. The molecule has 1 saturated heterocycles. The molecule has 0 aliphatic carbocycles. The molecule has 1 rings (SSSR count). The van der Waals surface area contributed by atoms with E-state index >= 15 is 0 Å². The van der Waals surface area contributed by atoms with E-state index in [1.807, 2.05) is 20.9 Å². The SMILES string of the molecule is CC(C)N(C)C(=O)CN1CCC1.[CH3-].[K+]. The standard InChI is InChI=1S/C9H18N2O.CH3.K/c1-8(2)10(3)9(12)7-11-5-4-6-11;;/h8H,4-7H2,1-3H3;1H3;/q;-1;+1. The van der Waals surface area contributed by atoms with Crippen molar-refractivity contribution in [3.05, 3.63) is 7.43 Å². The van der Waals surface area contributed by atoms with Gasteiger partial charge in [-0.2, -0.15) is 0 Å². The Balaban J connectivity index is 0. The number of hydrogen-bond donors (Lipinski definition) is 0. The quantitative estimate of drug-likeness (QED) is 0.409. The van der Waals surface area contributed by atoms with Gasteiger partial charge >= 0.3 is 51.4 Å². The van der Waals surface area contributed by atoms with Crippen LogP contribution in [0.5, 0.6) is 0 Å². The molecule has 0 bridgehead atoms. The fraction of sp³-hybridized carbons (Fsp3) is 0.800. The number of hydrogen-bond acceptors (Lipinski definition) is 2. The topological polar surface area (TPSA) is 23.6 Å². The van der Waals surface area contributed by atoms with Gasteiger partial charge in [0.05, 0.1) is 6.54 Å². The van der Waals surface area contributed by atoms with Gasteiger partial charge in [-0.3, -0.25) is 9.69 Å². The number of likely N-dealkylation sites (N-methyl/N-ethyl adjacent to an activating group) is 1. The van der Waals surface area contributed by atoms with Crippen LogP contribution in [-0.4, -0.2) is 48.4 Å². The Kier molecular flexibility index (Phi) is 10.3. The second kappa shape index (κ2) is 8.25. The monoisotopic (exact) mass is 224 g/mol. The Morgan fingerprint density at radius 2 is 1.93 bits per heavy atom. The predicted molar refractivity (Wildman–Crippen MR) is 55.4 cm³/mol. The minimum Gasteiger partial charge on any atom is -0.358 e. The molecule has 0 radical (unpaired) electrons. The minimum absolute atomic E-state index is 0. The molecule has 0 unspecified atom stereocenters. The van der Waals surface area contributed by atoms with Crippen LogP contribution in [0.15, 0.2) is 0 Å². The first-order valence-electron chi connectivity index (χ1n) is 4.59. The fourth-order valence-electron chi connectivity index (χ4n) is 1.13. The van der Waals surface area contributed by atoms with Crippen LogP contribution in [0.4, 0.5) is 0 Å². The van der Waals surface area contributed by atoms with Crippen LogP contribution in [0.1, 0.15) is 20.3 Å². The van der Waals surface area contributed by atoms with E-state index in [2.05, 4.69) is 4.90 Å². The van der Waals surface area contributed by atoms with Crippen molar-refractivity contribution in [2.45, 2.75) is 26.3 Å². The van der Waals surface area contributed by atoms with E-state index in [0.717, 1.165) is 13.1 Å². The first-order chi connectivity index (χ1) is 5.61. The fourth-order valence-corrected chi connectivity index (χ4v) is 1.13. The molecule has 0 spiro atoms. The second-order valence-electron chi connectivity index (χ2n) is 3.73. The molecule has 1 fully saturated rings. The Morgan fingerprint density at radius 3 is 2.21 bits per heavy atom. The van der Waals surface area contributed by atoms with Crippen molar-refractivity contribution in [1.82, 2.24) is 9.80 Å². The number of carbonyl (C=O) groups is 1. The average molecular weight is 224 g/mol. The Morgan fingerprint density at radius 1 is 1.43 bits per heavy atom. The van der Waals surface area contributed by atoms with Gasteiger partial charge in [0.2, 0.25) is 5.91 Å². The minimum atomic E-state index is 0. The smallest absolute Gasteiger partial charge is 0.358 e. The largest absolute Gasteiger partial charge is 1.00 e. The Labute approximate surface area is 131 Å². The molecule has 0 atom stereocenters. The molecule has 0 saturated carbocycles. The average Bonchev–Trinajstić information content (AvgIpc) is 1.94. The molecule has 0 aromatic heterocycles. The maximum absolute atomic E-state index is 11.5. The number of carbonyl (C=O) groups excluding carboxylic acids is 1. The van der Waals surface area contributed by atoms with Crippen molar-refractivity contribution in [2.24, 2.45) is 0 Å². The first kappa shape index (κ1) is 17.5. The van der Waals surface area contributed by atoms with E-state index in [0.29, 0.717) is 12.6 Å². The summed E-state index contributed by atoms with van der Waals surface area (Å²) in [6.07, 6.45) is 1.25. The summed E-state index contributed by atoms with van der Waals surface area (Å²) >= 11 is 0. The molecule has 78 valence electrons. The molecule has 1 amide bonds. The molecule has 14 heavy (non-hydrogen) atoms. The Bertz CT molecular complexity index is 170. The van der Waals surface area contributed by atoms with Crippen molar-refractivity contribution in [2.75, 3.05) is 26.7 Å². The van der Waals surface area contributed by atoms with Gasteiger partial charge in [-0.25, -0.2) is 0 Å². The van der Waals surface area contributed by atoms with Crippen molar-refractivity contribution < 1.29 is 56.2 Å². The zero-order chi connectivity index (χ0) is 9.14. The molecular weight excluding hydrogens is 203 g/mol. The van der Waals surface area contributed by atoms with Gasteiger partial charge in [0.1, 0.15) is 0 Å². The van der Waals surface area contributed by atoms with Crippen LogP contribution in [0, 0.1) is 7.43 Å². The molecule has 3 nitrogen and oxygen atoms in total. The van der Waals surface area contributed by atoms with Crippen LogP contribution in [0.2, 0.25) is 0 Å². The van der Waals surface area contributed by atoms with Crippen LogP contribution in [0.25, 0.3) is 0 Å². The Hall–Kier alpha value is 1.07. The zero-order valence-electron chi connectivity index (χ0n) is 10.2. The van der Waals surface area contributed by atoms with E-state index in [1.165, 1.54) is 6.42 Å². The third-order valence-corrected chi connectivity index (χ3v) is 2.48. The van der Waals surface area contributed by atoms with Crippen molar-refractivity contribution >= 4 is 5.91 Å². The van der Waals surface area contributed by atoms with Gasteiger partial charge in [-0.15, -0.1) is 0 Å². The van der Waals surface area contributed by atoms with Gasteiger partial charge in [0.15, 0.2) is 0 Å². The normalized spacial score (nSPS) is 15.1. The van der Waals surface area contributed by atoms with Crippen LogP contribution < -0.4 is 51.4 Å². The molecular formula is C10H21KN2O. The third kappa shape index (κ3) is 5.23. The summed E-state index contributed by atoms with van der Waals surface area (Å²) in [5.41, 5.74) is 0. The maximum atomic E-state index is 11.5. The van der Waals surface area contributed by atoms with Crippen molar-refractivity contribution in [3.8, 4) is 0 Å². The van der Waals surface area contributed by atoms with Crippen LogP contribution in [0.3, 0.4) is 0 Å². The molecule has 4 heteroatoms. The summed E-state index contributed by atoms with van der Waals surface area (Å²) in [6, 6.07) is 0.318. The van der Waals surface area contributed by atoms with E-state index < -0.39 is 0 Å². The van der Waals surface area contributed by atoms with E-state index in [4.69, 9.17) is 0 Å². The molecule has 0 aromatic rings. The van der Waals surface area contributed by atoms with Crippen molar-refractivity contribution in [1.29, 1.82) is 0 Å². The maximum Gasteiger partial charge on any atom is 1.00 e. The molecule has 1 aliphatic rings. The van der Waals surface area contributed by atoms with Gasteiger partial charge in [-0.1, -0.05) is 0 Å². The van der Waals surface area contributed by atoms with Crippen LogP contribution in [-0.2, 0) is 4.79 Å². The molecule has 1 heterocycles. The van der Waals surface area contributed by atoms with Gasteiger partial charge in [0.25, 0.3) is 0 Å². The second-order valence-corrected chi connectivity index (χ2v) is 3.73. The number of amides is 1. The molecule has 1 aliphatic heterocycles. The zero-order valence-corrected chi connectivity index (χ0v) is 13.3. The predicted octanol–water partition coefficient (Wildman–Crippen LogP) is -1.99. The summed E-state index contributed by atoms with van der Waals surface area (Å²) < 4.78 is 0. The summed E-state index contributed by atoms with van der Waals surface area (Å²) in [5, 5.41) is 0. The molecule has 0 aromatic carbocycles. The van der Waals surface area contributed by atoms with Gasteiger partial charge < -0.3 is 12.3 Å². The van der Waals surface area contributed by atoms with Gasteiger partial charge in [0, 0.05) is 13.1 Å². The summed E-state index contributed by atoms with van der Waals surface area (Å²) in [4.78, 5) is 15.5. The number of likely N-dealkylation sites (tertiary alicyclic amines) is 1. The third-order valence-electron chi connectivity index (χ3n) is 2.48. The number of rotatable bonds is 3. The van der Waals surface area contributed by atoms with Crippen LogP contribution >= 0.6 is 0 Å². The van der Waals surface area contributed by atoms with E-state index in [-0.39, 0.29) is 64.7 Å².